The summed E-state index contributed by atoms with van der Waals surface area (Å²) in [6.07, 6.45) is 16.5. The zero-order valence-corrected chi connectivity index (χ0v) is 25.7. The zero-order valence-electron chi connectivity index (χ0n) is 21.8. The molecule has 0 aromatic carbocycles. The van der Waals surface area contributed by atoms with Crippen LogP contribution in [0.3, 0.4) is 0 Å². The molecule has 0 amide bonds. The van der Waals surface area contributed by atoms with Crippen molar-refractivity contribution < 1.29 is 4.43 Å². The van der Waals surface area contributed by atoms with Crippen LogP contribution in [-0.4, -0.2) is 32.8 Å². The maximum atomic E-state index is 6.94. The maximum absolute atomic E-state index is 6.94. The van der Waals surface area contributed by atoms with Gasteiger partial charge in [-0.05, 0) is 0 Å². The second kappa shape index (κ2) is 15.5. The van der Waals surface area contributed by atoms with Crippen LogP contribution in [0.25, 0.3) is 0 Å². The Morgan fingerprint density at radius 2 is 1.21 bits per heavy atom. The zero-order chi connectivity index (χ0) is 22.4. The quantitative estimate of drug-likeness (QED) is 0.134. The fourth-order valence-corrected chi connectivity index (χ4v) is 19.6. The van der Waals surface area contributed by atoms with Crippen LogP contribution in [0, 0.1) is 0 Å². The molecule has 0 N–H and O–H groups in total. The van der Waals surface area contributed by atoms with Gasteiger partial charge in [-0.15, -0.1) is 0 Å². The van der Waals surface area contributed by atoms with Gasteiger partial charge in [-0.2, -0.15) is 0 Å². The second-order valence-electron chi connectivity index (χ2n) is 10.9. The average molecular weight is 532 g/mol. The molecule has 3 heteroatoms. The van der Waals surface area contributed by atoms with Gasteiger partial charge in [-0.25, -0.2) is 0 Å². The summed E-state index contributed by atoms with van der Waals surface area (Å²) < 4.78 is 14.5. The van der Waals surface area contributed by atoms with Crippen LogP contribution < -0.4 is 0 Å². The van der Waals surface area contributed by atoms with Crippen molar-refractivity contribution >= 4 is 26.7 Å². The van der Waals surface area contributed by atoms with Crippen molar-refractivity contribution in [1.82, 2.24) is 0 Å². The molecule has 1 nitrogen and oxygen atoms in total. The van der Waals surface area contributed by atoms with E-state index in [1.807, 2.05) is 0 Å². The Morgan fingerprint density at radius 1 is 0.759 bits per heavy atom. The van der Waals surface area contributed by atoms with Crippen molar-refractivity contribution in [3.05, 3.63) is 10.2 Å². The van der Waals surface area contributed by atoms with E-state index in [0.717, 1.165) is 0 Å². The van der Waals surface area contributed by atoms with Crippen LogP contribution in [0.1, 0.15) is 113 Å². The monoisotopic (exact) mass is 532 g/mol. The predicted octanol–water partition coefficient (Wildman–Crippen LogP) is 9.90. The van der Waals surface area contributed by atoms with Crippen LogP contribution in [0.15, 0.2) is 10.2 Å². The van der Waals surface area contributed by atoms with E-state index >= 15 is 0 Å². The third kappa shape index (κ3) is 12.4. The molecule has 0 bridgehead atoms. The molecular weight excluding hydrogens is 475 g/mol. The fraction of sp³-hybridized carbons (Fsp3) is 0.923. The first kappa shape index (κ1) is 29.7. The van der Waals surface area contributed by atoms with Crippen molar-refractivity contribution in [2.24, 2.45) is 0 Å². The van der Waals surface area contributed by atoms with Crippen LogP contribution >= 0.6 is 0 Å². The van der Waals surface area contributed by atoms with Gasteiger partial charge in [0.15, 0.2) is 0 Å². The molecule has 0 unspecified atom stereocenters. The summed E-state index contributed by atoms with van der Waals surface area (Å²) in [6, 6.07) is 0. The first-order valence-electron chi connectivity index (χ1n) is 12.9. The van der Waals surface area contributed by atoms with Crippen molar-refractivity contribution in [1.29, 1.82) is 0 Å². The van der Waals surface area contributed by atoms with Crippen LogP contribution in [0.5, 0.6) is 0 Å². The summed E-state index contributed by atoms with van der Waals surface area (Å²) >= 11 is -2.22. The Labute approximate surface area is 190 Å². The third-order valence-corrected chi connectivity index (χ3v) is 25.7. The van der Waals surface area contributed by atoms with E-state index in [9.17, 15) is 0 Å². The molecule has 174 valence electrons. The van der Waals surface area contributed by atoms with E-state index in [1.54, 1.807) is 13.3 Å². The molecule has 0 aromatic rings. The normalized spacial score (nSPS) is 14.7. The van der Waals surface area contributed by atoms with E-state index in [1.165, 1.54) is 64.2 Å². The summed E-state index contributed by atoms with van der Waals surface area (Å²) in [4.78, 5) is 0. The van der Waals surface area contributed by atoms with E-state index in [2.05, 4.69) is 71.7 Å². The summed E-state index contributed by atoms with van der Waals surface area (Å²) in [7, 11) is -1.73. The van der Waals surface area contributed by atoms with Crippen LogP contribution in [-0.2, 0) is 4.43 Å². The van der Waals surface area contributed by atoms with Crippen LogP contribution in [0.4, 0.5) is 0 Å². The Morgan fingerprint density at radius 3 is 1.59 bits per heavy atom. The standard InChI is InChI=1S/C14H29OSi.3C4H9.Sn/c1-8-10-11-12-13(9-2)15-16(6,7)14(3,4)5;3*1-3-4-2;/h2,9,13H,8,10-12H2,1,3-7H3;3*1,3-4H2,2H3;/t13-;;;;/m0..../s1. The van der Waals surface area contributed by atoms with Crippen molar-refractivity contribution in [2.45, 2.75) is 150 Å². The number of unbranched alkanes of at least 4 members (excludes halogenated alkanes) is 5. The molecule has 0 aliphatic rings. The molecule has 0 saturated carbocycles. The molecule has 0 rings (SSSR count). The molecule has 0 aliphatic carbocycles. The van der Waals surface area contributed by atoms with E-state index in [0.29, 0.717) is 6.10 Å². The van der Waals surface area contributed by atoms with Gasteiger partial charge in [-0.1, -0.05) is 0 Å². The number of hydrogen-bond donors (Lipinski definition) is 0. The van der Waals surface area contributed by atoms with Gasteiger partial charge in [0.2, 0.25) is 0 Å². The van der Waals surface area contributed by atoms with Crippen molar-refractivity contribution in [3.8, 4) is 0 Å². The molecule has 0 aliphatic heterocycles. The molecule has 0 spiro atoms. The van der Waals surface area contributed by atoms with Gasteiger partial charge in [0.25, 0.3) is 0 Å². The Balaban J connectivity index is 5.60. The van der Waals surface area contributed by atoms with E-state index < -0.39 is 26.7 Å². The first-order chi connectivity index (χ1) is 13.6. The van der Waals surface area contributed by atoms with Gasteiger partial charge in [0.1, 0.15) is 0 Å². The molecular formula is C26H56OSiSn. The molecule has 0 aromatic heterocycles. The molecule has 29 heavy (non-hydrogen) atoms. The topological polar surface area (TPSA) is 9.23 Å². The minimum atomic E-state index is -2.22. The van der Waals surface area contributed by atoms with Gasteiger partial charge in [-0.3, -0.25) is 0 Å². The van der Waals surface area contributed by atoms with Gasteiger partial charge in [0.05, 0.1) is 0 Å². The first-order valence-corrected chi connectivity index (χ1v) is 23.6. The molecule has 1 atom stereocenters. The Kier molecular flexibility index (Phi) is 15.9. The van der Waals surface area contributed by atoms with E-state index in [4.69, 9.17) is 4.43 Å². The molecule has 0 saturated heterocycles. The van der Waals surface area contributed by atoms with Gasteiger partial charge >= 0.3 is 192 Å². The Bertz CT molecular complexity index is 403. The predicted molar refractivity (Wildman–Crippen MR) is 140 cm³/mol. The number of hydrogen-bond acceptors (Lipinski definition) is 1. The SMILES string of the molecule is CCCCC[C@H](/C=[CH]/[Sn]([CH2]CCC)([CH2]CCC)[CH2]CCC)O[Si](C)(C)C(C)(C)C. The van der Waals surface area contributed by atoms with Crippen LogP contribution in [0.2, 0.25) is 31.4 Å². The molecule has 0 fully saturated rings. The third-order valence-electron chi connectivity index (χ3n) is 7.09. The Hall–Kier alpha value is 0.716. The van der Waals surface area contributed by atoms with Gasteiger partial charge in [0, 0.05) is 0 Å². The summed E-state index contributed by atoms with van der Waals surface area (Å²) in [5.41, 5.74) is 0. The number of rotatable bonds is 17. The van der Waals surface area contributed by atoms with Gasteiger partial charge < -0.3 is 0 Å². The fourth-order valence-electron chi connectivity index (χ4n) is 3.87. The van der Waals surface area contributed by atoms with E-state index in [-0.39, 0.29) is 5.04 Å². The van der Waals surface area contributed by atoms with Crippen molar-refractivity contribution in [2.75, 3.05) is 0 Å². The average Bonchev–Trinajstić information content (AvgIpc) is 2.65. The van der Waals surface area contributed by atoms with Crippen molar-refractivity contribution in [3.63, 3.8) is 0 Å². The molecule has 0 radical (unpaired) electrons. The second-order valence-corrected chi connectivity index (χ2v) is 28.7. The minimum absolute atomic E-state index is 0.289. The summed E-state index contributed by atoms with van der Waals surface area (Å²) in [5, 5.41) is 0.289. The summed E-state index contributed by atoms with van der Waals surface area (Å²) in [5.74, 6) is 0. The summed E-state index contributed by atoms with van der Waals surface area (Å²) in [6.45, 7) is 21.4. The molecule has 0 heterocycles.